The highest BCUT2D eigenvalue weighted by atomic mass is 35.5. The lowest BCUT2D eigenvalue weighted by molar-refractivity contribution is -0.0800. The van der Waals surface area contributed by atoms with Crippen molar-refractivity contribution in [3.05, 3.63) is 34.6 Å². The SMILES string of the molecule is COC1(C(N)c2ccc(Cl)cc2F)CCC(C)(C)CC1. The van der Waals surface area contributed by atoms with Gasteiger partial charge < -0.3 is 10.5 Å². The second-order valence-electron chi connectivity index (χ2n) is 6.58. The summed E-state index contributed by atoms with van der Waals surface area (Å²) in [5, 5.41) is 0.384. The molecule has 0 saturated heterocycles. The Morgan fingerprint density at radius 1 is 1.25 bits per heavy atom. The molecule has 1 aliphatic rings. The molecule has 1 saturated carbocycles. The lowest BCUT2D eigenvalue weighted by Crippen LogP contribution is -2.47. The lowest BCUT2D eigenvalue weighted by atomic mass is 9.67. The topological polar surface area (TPSA) is 35.2 Å². The molecule has 1 atom stereocenters. The van der Waals surface area contributed by atoms with Gasteiger partial charge in [0.2, 0.25) is 0 Å². The van der Waals surface area contributed by atoms with Gasteiger partial charge in [-0.2, -0.15) is 0 Å². The van der Waals surface area contributed by atoms with E-state index in [1.165, 1.54) is 6.07 Å². The van der Waals surface area contributed by atoms with Crippen LogP contribution in [0.1, 0.15) is 51.1 Å². The first kappa shape index (κ1) is 15.7. The van der Waals surface area contributed by atoms with Crippen LogP contribution < -0.4 is 5.73 Å². The molecule has 0 aliphatic heterocycles. The van der Waals surface area contributed by atoms with Crippen molar-refractivity contribution in [1.29, 1.82) is 0 Å². The van der Waals surface area contributed by atoms with Gasteiger partial charge in [0.15, 0.2) is 0 Å². The number of hydrogen-bond donors (Lipinski definition) is 1. The molecule has 0 spiro atoms. The minimum absolute atomic E-state index is 0.306. The van der Waals surface area contributed by atoms with Gasteiger partial charge in [0, 0.05) is 17.7 Å². The number of rotatable bonds is 3. The molecule has 0 aromatic heterocycles. The van der Waals surface area contributed by atoms with Crippen LogP contribution in [0.5, 0.6) is 0 Å². The average Bonchev–Trinajstić information content (AvgIpc) is 2.39. The van der Waals surface area contributed by atoms with E-state index >= 15 is 0 Å². The molecule has 2 nitrogen and oxygen atoms in total. The fourth-order valence-electron chi connectivity index (χ4n) is 3.03. The van der Waals surface area contributed by atoms with E-state index in [2.05, 4.69) is 13.8 Å². The summed E-state index contributed by atoms with van der Waals surface area (Å²) in [6.07, 6.45) is 3.76. The molecule has 20 heavy (non-hydrogen) atoms. The van der Waals surface area contributed by atoms with Gasteiger partial charge in [-0.3, -0.25) is 0 Å². The normalized spacial score (nSPS) is 22.5. The zero-order valence-corrected chi connectivity index (χ0v) is 13.1. The predicted octanol–water partition coefficient (Wildman–Crippen LogP) is 4.46. The molecule has 0 amide bonds. The smallest absolute Gasteiger partial charge is 0.129 e. The van der Waals surface area contributed by atoms with Gasteiger partial charge in [-0.05, 0) is 43.2 Å². The molecule has 1 unspecified atom stereocenters. The maximum atomic E-state index is 14.1. The highest BCUT2D eigenvalue weighted by molar-refractivity contribution is 6.30. The fraction of sp³-hybridized carbons (Fsp3) is 0.625. The van der Waals surface area contributed by atoms with Crippen molar-refractivity contribution >= 4 is 11.6 Å². The quantitative estimate of drug-likeness (QED) is 0.894. The Kier molecular flexibility index (Phi) is 4.43. The zero-order chi connectivity index (χ0) is 15.0. The molecular formula is C16H23ClFNO. The largest absolute Gasteiger partial charge is 0.376 e. The first-order valence-corrected chi connectivity index (χ1v) is 7.43. The van der Waals surface area contributed by atoms with Crippen LogP contribution in [0.15, 0.2) is 18.2 Å². The number of ether oxygens (including phenoxy) is 1. The van der Waals surface area contributed by atoms with E-state index in [1.807, 2.05) is 0 Å². The van der Waals surface area contributed by atoms with Crippen LogP contribution in [0.4, 0.5) is 4.39 Å². The molecule has 1 aromatic rings. The Labute approximate surface area is 125 Å². The van der Waals surface area contributed by atoms with Crippen molar-refractivity contribution in [3.8, 4) is 0 Å². The summed E-state index contributed by atoms with van der Waals surface area (Å²) >= 11 is 5.80. The molecule has 0 bridgehead atoms. The van der Waals surface area contributed by atoms with Gasteiger partial charge in [-0.25, -0.2) is 4.39 Å². The summed E-state index contributed by atoms with van der Waals surface area (Å²) in [7, 11) is 1.67. The second-order valence-corrected chi connectivity index (χ2v) is 7.01. The van der Waals surface area contributed by atoms with Crippen LogP contribution in [-0.2, 0) is 4.74 Å². The lowest BCUT2D eigenvalue weighted by Gasteiger charge is -2.46. The Bertz CT molecular complexity index is 479. The van der Waals surface area contributed by atoms with E-state index in [0.29, 0.717) is 16.0 Å². The van der Waals surface area contributed by atoms with Crippen LogP contribution in [0.2, 0.25) is 5.02 Å². The Morgan fingerprint density at radius 2 is 1.85 bits per heavy atom. The van der Waals surface area contributed by atoms with Crippen LogP contribution >= 0.6 is 11.6 Å². The van der Waals surface area contributed by atoms with E-state index in [1.54, 1.807) is 19.2 Å². The third-order valence-electron chi connectivity index (χ3n) is 4.72. The van der Waals surface area contributed by atoms with Crippen molar-refractivity contribution in [1.82, 2.24) is 0 Å². The number of hydrogen-bond acceptors (Lipinski definition) is 2. The van der Waals surface area contributed by atoms with Crippen LogP contribution in [0.25, 0.3) is 0 Å². The fourth-order valence-corrected chi connectivity index (χ4v) is 3.19. The van der Waals surface area contributed by atoms with Gasteiger partial charge >= 0.3 is 0 Å². The highest BCUT2D eigenvalue weighted by Gasteiger charge is 2.44. The molecule has 0 radical (unpaired) electrons. The molecule has 0 heterocycles. The van der Waals surface area contributed by atoms with Gasteiger partial charge in [0.1, 0.15) is 5.82 Å². The molecule has 4 heteroatoms. The summed E-state index contributed by atoms with van der Waals surface area (Å²) in [5.74, 6) is -0.355. The molecule has 1 aliphatic carbocycles. The maximum Gasteiger partial charge on any atom is 0.129 e. The third-order valence-corrected chi connectivity index (χ3v) is 4.96. The van der Waals surface area contributed by atoms with Gasteiger partial charge in [0.05, 0.1) is 11.6 Å². The molecular weight excluding hydrogens is 277 g/mol. The second kappa shape index (κ2) is 5.63. The van der Waals surface area contributed by atoms with Crippen molar-refractivity contribution in [2.75, 3.05) is 7.11 Å². The van der Waals surface area contributed by atoms with E-state index in [-0.39, 0.29) is 5.82 Å². The van der Waals surface area contributed by atoms with E-state index in [9.17, 15) is 4.39 Å². The maximum absolute atomic E-state index is 14.1. The zero-order valence-electron chi connectivity index (χ0n) is 12.4. The Hall–Kier alpha value is -0.640. The molecule has 2 N–H and O–H groups in total. The number of halogens is 2. The molecule has 1 fully saturated rings. The van der Waals surface area contributed by atoms with E-state index in [4.69, 9.17) is 22.1 Å². The number of methoxy groups -OCH3 is 1. The third kappa shape index (κ3) is 3.00. The summed E-state index contributed by atoms with van der Waals surface area (Å²) in [4.78, 5) is 0. The molecule has 2 rings (SSSR count). The monoisotopic (exact) mass is 299 g/mol. The van der Waals surface area contributed by atoms with Crippen LogP contribution in [-0.4, -0.2) is 12.7 Å². The minimum Gasteiger partial charge on any atom is -0.376 e. The van der Waals surface area contributed by atoms with E-state index < -0.39 is 11.6 Å². The minimum atomic E-state index is -0.482. The van der Waals surface area contributed by atoms with Crippen LogP contribution in [0, 0.1) is 11.2 Å². The molecule has 112 valence electrons. The predicted molar refractivity (Wildman–Crippen MR) is 80.3 cm³/mol. The van der Waals surface area contributed by atoms with E-state index in [0.717, 1.165) is 25.7 Å². The number of nitrogens with two attached hydrogens (primary N) is 1. The van der Waals surface area contributed by atoms with Crippen molar-refractivity contribution < 1.29 is 9.13 Å². The first-order valence-electron chi connectivity index (χ1n) is 7.05. The molecule has 1 aromatic carbocycles. The summed E-state index contributed by atoms with van der Waals surface area (Å²) in [6.45, 7) is 4.50. The summed E-state index contributed by atoms with van der Waals surface area (Å²) < 4.78 is 19.8. The highest BCUT2D eigenvalue weighted by Crippen LogP contribution is 2.46. The van der Waals surface area contributed by atoms with Gasteiger partial charge in [0.25, 0.3) is 0 Å². The first-order chi connectivity index (χ1) is 9.30. The van der Waals surface area contributed by atoms with Gasteiger partial charge in [-0.1, -0.05) is 31.5 Å². The van der Waals surface area contributed by atoms with Crippen molar-refractivity contribution in [2.24, 2.45) is 11.1 Å². The summed E-state index contributed by atoms with van der Waals surface area (Å²) in [6, 6.07) is 4.19. The average molecular weight is 300 g/mol. The Morgan fingerprint density at radius 3 is 2.35 bits per heavy atom. The van der Waals surface area contributed by atoms with Crippen LogP contribution in [0.3, 0.4) is 0 Å². The standard InChI is InChI=1S/C16H23ClFNO/c1-15(2)6-8-16(20-3,9-7-15)14(19)12-5-4-11(17)10-13(12)18/h4-5,10,14H,6-9,19H2,1-3H3. The van der Waals surface area contributed by atoms with Gasteiger partial charge in [-0.15, -0.1) is 0 Å². The van der Waals surface area contributed by atoms with Crippen molar-refractivity contribution in [2.45, 2.75) is 51.2 Å². The summed E-state index contributed by atoms with van der Waals surface area (Å²) in [5.41, 5.74) is 6.65. The number of benzene rings is 1. The van der Waals surface area contributed by atoms with Crippen molar-refractivity contribution in [3.63, 3.8) is 0 Å². The Balaban J connectivity index is 2.27.